The van der Waals surface area contributed by atoms with Gasteiger partial charge in [0.25, 0.3) is 0 Å². The third kappa shape index (κ3) is 1.57. The minimum absolute atomic E-state index is 0.0376. The van der Waals surface area contributed by atoms with E-state index < -0.39 is 4.92 Å². The minimum Gasteiger partial charge on any atom is -0.358 e. The Morgan fingerprint density at radius 2 is 2.50 bits per heavy atom. The first-order valence-corrected chi connectivity index (χ1v) is 4.32. The normalized spacial score (nSPS) is 15.1. The molecular formula is C8H8N4O2. The van der Waals surface area contributed by atoms with E-state index in [-0.39, 0.29) is 11.4 Å². The van der Waals surface area contributed by atoms with Crippen LogP contribution in [0.3, 0.4) is 0 Å². The van der Waals surface area contributed by atoms with Crippen LogP contribution in [0.5, 0.6) is 0 Å². The number of rotatable bonds is 3. The van der Waals surface area contributed by atoms with E-state index >= 15 is 0 Å². The van der Waals surface area contributed by atoms with E-state index in [9.17, 15) is 10.1 Å². The molecule has 72 valence electrons. The Kier molecular flexibility index (Phi) is 1.93. The largest absolute Gasteiger partial charge is 0.407 e. The molecule has 1 aromatic rings. The van der Waals surface area contributed by atoms with E-state index in [1.54, 1.807) is 6.07 Å². The summed E-state index contributed by atoms with van der Waals surface area (Å²) in [6.07, 6.45) is 3.74. The van der Waals surface area contributed by atoms with Gasteiger partial charge in [0.15, 0.2) is 5.56 Å². The minimum atomic E-state index is -0.623. The second-order valence-corrected chi connectivity index (χ2v) is 3.40. The molecule has 0 N–H and O–H groups in total. The molecule has 0 unspecified atom stereocenters. The summed E-state index contributed by atoms with van der Waals surface area (Å²) in [6.45, 7) is 0.683. The van der Waals surface area contributed by atoms with Crippen molar-refractivity contribution in [3.63, 3.8) is 0 Å². The van der Waals surface area contributed by atoms with Crippen molar-refractivity contribution >= 4 is 5.82 Å². The van der Waals surface area contributed by atoms with Crippen molar-refractivity contribution in [2.75, 3.05) is 0 Å². The Hall–Kier alpha value is -1.90. The smallest absolute Gasteiger partial charge is 0.358 e. The van der Waals surface area contributed by atoms with Gasteiger partial charge in [-0.05, 0) is 23.7 Å². The third-order valence-corrected chi connectivity index (χ3v) is 2.18. The first-order valence-electron chi connectivity index (χ1n) is 4.32. The molecule has 2 rings (SSSR count). The van der Waals surface area contributed by atoms with Gasteiger partial charge in [0.2, 0.25) is 0 Å². The summed E-state index contributed by atoms with van der Waals surface area (Å²) in [5.74, 6) is 0.245. The molecule has 0 spiro atoms. The lowest BCUT2D eigenvalue weighted by Crippen LogP contribution is -2.00. The van der Waals surface area contributed by atoms with E-state index in [4.69, 9.17) is 5.26 Å². The van der Waals surface area contributed by atoms with Crippen LogP contribution in [0.25, 0.3) is 0 Å². The van der Waals surface area contributed by atoms with Gasteiger partial charge in [-0.2, -0.15) is 9.94 Å². The second kappa shape index (κ2) is 3.10. The highest BCUT2D eigenvalue weighted by molar-refractivity contribution is 5.40. The number of hydrogen-bond acceptors (Lipinski definition) is 4. The van der Waals surface area contributed by atoms with Crippen LogP contribution in [-0.2, 0) is 6.54 Å². The molecule has 1 fully saturated rings. The summed E-state index contributed by atoms with van der Waals surface area (Å²) in [6, 6.07) is 1.77. The Balaban J connectivity index is 2.26. The quantitative estimate of drug-likeness (QED) is 0.529. The Labute approximate surface area is 79.9 Å². The maximum atomic E-state index is 10.5. The molecule has 0 amide bonds. The highest BCUT2D eigenvalue weighted by Crippen LogP contribution is 2.30. The van der Waals surface area contributed by atoms with Crippen molar-refractivity contribution in [3.05, 3.63) is 21.9 Å². The predicted octanol–water partition coefficient (Wildman–Crippen LogP) is 1.07. The fourth-order valence-electron chi connectivity index (χ4n) is 1.28. The number of aromatic nitrogens is 2. The molecule has 14 heavy (non-hydrogen) atoms. The Morgan fingerprint density at radius 1 is 1.79 bits per heavy atom. The van der Waals surface area contributed by atoms with E-state index in [1.807, 2.05) is 0 Å². The van der Waals surface area contributed by atoms with Crippen molar-refractivity contribution in [3.8, 4) is 6.07 Å². The molecule has 0 aromatic carbocycles. The van der Waals surface area contributed by atoms with Crippen molar-refractivity contribution in [1.29, 1.82) is 5.26 Å². The lowest BCUT2D eigenvalue weighted by Gasteiger charge is -1.89. The Bertz CT molecular complexity index is 413. The average molecular weight is 192 g/mol. The van der Waals surface area contributed by atoms with Gasteiger partial charge in [0.1, 0.15) is 6.07 Å². The van der Waals surface area contributed by atoms with Crippen LogP contribution < -0.4 is 0 Å². The van der Waals surface area contributed by atoms with Crippen molar-refractivity contribution in [1.82, 2.24) is 9.78 Å². The molecule has 1 aliphatic rings. The number of nitrogens with zero attached hydrogens (tertiary/aromatic N) is 4. The molecule has 1 aliphatic carbocycles. The maximum absolute atomic E-state index is 10.5. The van der Waals surface area contributed by atoms with Gasteiger partial charge in [0, 0.05) is 0 Å². The lowest BCUT2D eigenvalue weighted by molar-refractivity contribution is -0.390. The summed E-state index contributed by atoms with van der Waals surface area (Å²) >= 11 is 0. The molecule has 0 radical (unpaired) electrons. The van der Waals surface area contributed by atoms with Crippen LogP contribution in [0, 0.1) is 27.4 Å². The average Bonchev–Trinajstić information content (AvgIpc) is 2.83. The summed E-state index contributed by atoms with van der Waals surface area (Å²) < 4.78 is 1.49. The molecule has 0 bridgehead atoms. The van der Waals surface area contributed by atoms with Crippen LogP contribution in [0.15, 0.2) is 6.20 Å². The molecule has 1 saturated carbocycles. The van der Waals surface area contributed by atoms with Crippen LogP contribution in [0.1, 0.15) is 18.4 Å². The number of nitro groups is 1. The van der Waals surface area contributed by atoms with Gasteiger partial charge < -0.3 is 10.1 Å². The monoisotopic (exact) mass is 192 g/mol. The summed E-state index contributed by atoms with van der Waals surface area (Å²) in [7, 11) is 0. The van der Waals surface area contributed by atoms with Gasteiger partial charge in [-0.25, -0.2) is 0 Å². The molecule has 0 atom stereocenters. The van der Waals surface area contributed by atoms with Crippen LogP contribution >= 0.6 is 0 Å². The van der Waals surface area contributed by atoms with E-state index in [2.05, 4.69) is 5.10 Å². The van der Waals surface area contributed by atoms with Crippen LogP contribution in [0.4, 0.5) is 5.82 Å². The van der Waals surface area contributed by atoms with Gasteiger partial charge in [-0.3, -0.25) is 0 Å². The summed E-state index contributed by atoms with van der Waals surface area (Å²) in [5, 5.41) is 22.9. The second-order valence-electron chi connectivity index (χ2n) is 3.40. The van der Waals surface area contributed by atoms with Gasteiger partial charge >= 0.3 is 5.82 Å². The zero-order valence-corrected chi connectivity index (χ0v) is 7.38. The van der Waals surface area contributed by atoms with E-state index in [0.29, 0.717) is 12.5 Å². The van der Waals surface area contributed by atoms with Crippen LogP contribution in [0.2, 0.25) is 0 Å². The Morgan fingerprint density at radius 3 is 2.93 bits per heavy atom. The zero-order chi connectivity index (χ0) is 10.1. The standard InChI is InChI=1S/C8H8N4O2/c9-3-7-5-11(4-6-1-2-6)10-8(7)12(13)14/h5-6H,1-2,4H2. The van der Waals surface area contributed by atoms with Crippen molar-refractivity contribution in [2.24, 2.45) is 5.92 Å². The van der Waals surface area contributed by atoms with Gasteiger partial charge in [-0.1, -0.05) is 0 Å². The highest BCUT2D eigenvalue weighted by Gasteiger charge is 2.26. The first kappa shape index (κ1) is 8.69. The fourth-order valence-corrected chi connectivity index (χ4v) is 1.28. The summed E-state index contributed by atoms with van der Waals surface area (Å²) in [4.78, 5) is 9.85. The molecular weight excluding hydrogens is 184 g/mol. The van der Waals surface area contributed by atoms with E-state index in [0.717, 1.165) is 12.8 Å². The molecule has 0 aliphatic heterocycles. The molecule has 1 aromatic heterocycles. The highest BCUT2D eigenvalue weighted by atomic mass is 16.6. The van der Waals surface area contributed by atoms with Crippen LogP contribution in [-0.4, -0.2) is 14.7 Å². The third-order valence-electron chi connectivity index (χ3n) is 2.18. The molecule has 1 heterocycles. The zero-order valence-electron chi connectivity index (χ0n) is 7.38. The maximum Gasteiger partial charge on any atom is 0.407 e. The van der Waals surface area contributed by atoms with Gasteiger partial charge in [-0.15, -0.1) is 0 Å². The molecule has 6 nitrogen and oxygen atoms in total. The topological polar surface area (TPSA) is 84.8 Å². The molecule has 0 saturated heterocycles. The van der Waals surface area contributed by atoms with Crippen molar-refractivity contribution in [2.45, 2.75) is 19.4 Å². The molecule has 6 heteroatoms. The summed E-state index contributed by atoms with van der Waals surface area (Å²) in [5.41, 5.74) is 0.0376. The number of nitriles is 1. The first-order chi connectivity index (χ1) is 6.70. The number of hydrogen-bond donors (Lipinski definition) is 0. The van der Waals surface area contributed by atoms with Gasteiger partial charge in [0.05, 0.1) is 17.8 Å². The van der Waals surface area contributed by atoms with Crippen molar-refractivity contribution < 1.29 is 4.92 Å². The fraction of sp³-hybridized carbons (Fsp3) is 0.500. The van der Waals surface area contributed by atoms with E-state index in [1.165, 1.54) is 10.9 Å². The SMILES string of the molecule is N#Cc1cn(CC2CC2)nc1[N+](=O)[O-]. The predicted molar refractivity (Wildman–Crippen MR) is 46.3 cm³/mol. The lowest BCUT2D eigenvalue weighted by atomic mass is 10.4.